The van der Waals surface area contributed by atoms with E-state index in [0.29, 0.717) is 0 Å². The Morgan fingerprint density at radius 1 is 0.941 bits per heavy atom. The van der Waals surface area contributed by atoms with Crippen molar-refractivity contribution in [1.82, 2.24) is 0 Å². The Morgan fingerprint density at radius 3 is 1.82 bits per heavy atom. The maximum atomic E-state index is 12.4. The summed E-state index contributed by atoms with van der Waals surface area (Å²) in [5.74, 6) is -1.24. The molecule has 1 aromatic rings. The molecule has 0 unspecified atom stereocenters. The fourth-order valence-corrected chi connectivity index (χ4v) is 1.24. The second-order valence-electron chi connectivity index (χ2n) is 3.18. The highest BCUT2D eigenvalue weighted by Crippen LogP contribution is 2.40. The van der Waals surface area contributed by atoms with Crippen LogP contribution in [0.2, 0.25) is 0 Å². The highest BCUT2D eigenvalue weighted by molar-refractivity contribution is 5.45. The van der Waals surface area contributed by atoms with E-state index in [0.717, 1.165) is 0 Å². The summed E-state index contributed by atoms with van der Waals surface area (Å²) in [7, 11) is 0. The van der Waals surface area contributed by atoms with Gasteiger partial charge in [-0.3, -0.25) is 0 Å². The van der Waals surface area contributed by atoms with Gasteiger partial charge in [-0.2, -0.15) is 26.3 Å². The number of halogens is 6. The lowest BCUT2D eigenvalue weighted by Gasteiger charge is -2.16. The zero-order chi connectivity index (χ0) is 13.4. The first-order chi connectivity index (χ1) is 7.57. The molecule has 96 valence electrons. The van der Waals surface area contributed by atoms with E-state index in [4.69, 9.17) is 10.2 Å². The van der Waals surface area contributed by atoms with Crippen LogP contribution in [0.1, 0.15) is 16.7 Å². The molecule has 0 aliphatic carbocycles. The number of hydrogen-bond acceptors (Lipinski definition) is 2. The summed E-state index contributed by atoms with van der Waals surface area (Å²) < 4.78 is 73.9. The van der Waals surface area contributed by atoms with Crippen LogP contribution in [-0.2, 0) is 19.0 Å². The number of aromatic hydroxyl groups is 1. The van der Waals surface area contributed by atoms with Gasteiger partial charge in [-0.1, -0.05) is 0 Å². The Kier molecular flexibility index (Phi) is 3.28. The lowest BCUT2D eigenvalue weighted by atomic mass is 10.0. The molecule has 1 aromatic carbocycles. The number of aliphatic hydroxyl groups excluding tert-OH is 1. The van der Waals surface area contributed by atoms with Crippen molar-refractivity contribution < 1.29 is 36.6 Å². The van der Waals surface area contributed by atoms with Crippen LogP contribution in [0, 0.1) is 0 Å². The van der Waals surface area contributed by atoms with Crippen LogP contribution >= 0.6 is 0 Å². The molecule has 0 bridgehead atoms. The number of benzene rings is 1. The third-order valence-corrected chi connectivity index (χ3v) is 2.02. The quantitative estimate of drug-likeness (QED) is 0.762. The van der Waals surface area contributed by atoms with Gasteiger partial charge in [-0.05, 0) is 12.1 Å². The Bertz CT molecular complexity index is 421. The van der Waals surface area contributed by atoms with E-state index in [2.05, 4.69) is 0 Å². The average Bonchev–Trinajstić information content (AvgIpc) is 2.13. The van der Waals surface area contributed by atoms with Gasteiger partial charge in [0.25, 0.3) is 0 Å². The summed E-state index contributed by atoms with van der Waals surface area (Å²) in [5, 5.41) is 17.7. The third kappa shape index (κ3) is 2.82. The molecule has 2 N–H and O–H groups in total. The Labute approximate surface area is 91.1 Å². The molecule has 0 spiro atoms. The minimum Gasteiger partial charge on any atom is -0.508 e. The van der Waals surface area contributed by atoms with Crippen molar-refractivity contribution in [2.45, 2.75) is 19.0 Å². The fourth-order valence-electron chi connectivity index (χ4n) is 1.24. The van der Waals surface area contributed by atoms with Crippen molar-refractivity contribution in [2.24, 2.45) is 0 Å². The standard InChI is InChI=1S/C9H6F6O2/c10-8(11,12)4-1-6(9(13,14)15)5(3-16)7(17)2-4/h1-2,16-17H,3H2. The minimum atomic E-state index is -5.09. The zero-order valence-electron chi connectivity index (χ0n) is 8.02. The van der Waals surface area contributed by atoms with Crippen molar-refractivity contribution in [1.29, 1.82) is 0 Å². The summed E-state index contributed by atoms with van der Waals surface area (Å²) >= 11 is 0. The van der Waals surface area contributed by atoms with Crippen molar-refractivity contribution in [2.75, 3.05) is 0 Å². The number of hydrogen-bond donors (Lipinski definition) is 2. The largest absolute Gasteiger partial charge is 0.508 e. The van der Waals surface area contributed by atoms with Gasteiger partial charge in [-0.25, -0.2) is 0 Å². The topological polar surface area (TPSA) is 40.5 Å². The maximum Gasteiger partial charge on any atom is 0.416 e. The second-order valence-corrected chi connectivity index (χ2v) is 3.18. The molecule has 2 nitrogen and oxygen atoms in total. The van der Waals surface area contributed by atoms with Crippen molar-refractivity contribution in [3.05, 3.63) is 28.8 Å². The summed E-state index contributed by atoms with van der Waals surface area (Å²) in [6.45, 7) is -1.21. The van der Waals surface area contributed by atoms with Crippen molar-refractivity contribution >= 4 is 0 Å². The molecule has 0 amide bonds. The predicted octanol–water partition coefficient (Wildman–Crippen LogP) is 2.92. The van der Waals surface area contributed by atoms with Gasteiger partial charge >= 0.3 is 12.4 Å². The number of phenols is 1. The Morgan fingerprint density at radius 2 is 1.47 bits per heavy atom. The van der Waals surface area contributed by atoms with Crippen LogP contribution in [-0.4, -0.2) is 10.2 Å². The first-order valence-electron chi connectivity index (χ1n) is 4.18. The number of rotatable bonds is 1. The summed E-state index contributed by atoms with van der Waals surface area (Å²) in [6, 6.07) is -0.00787. The Hall–Kier alpha value is -1.44. The lowest BCUT2D eigenvalue weighted by molar-refractivity contribution is -0.144. The van der Waals surface area contributed by atoms with Gasteiger partial charge in [-0.15, -0.1) is 0 Å². The van der Waals surface area contributed by atoms with Gasteiger partial charge in [0.15, 0.2) is 0 Å². The van der Waals surface area contributed by atoms with Gasteiger partial charge in [0, 0.05) is 5.56 Å². The van der Waals surface area contributed by atoms with E-state index in [1.807, 2.05) is 0 Å². The van der Waals surface area contributed by atoms with Gasteiger partial charge in [0.05, 0.1) is 17.7 Å². The predicted molar refractivity (Wildman–Crippen MR) is 44.0 cm³/mol. The SMILES string of the molecule is OCc1c(O)cc(C(F)(F)F)cc1C(F)(F)F. The highest BCUT2D eigenvalue weighted by Gasteiger charge is 2.39. The molecular weight excluding hydrogens is 254 g/mol. The summed E-state index contributed by atoms with van der Waals surface area (Å²) in [4.78, 5) is 0. The summed E-state index contributed by atoms with van der Waals surface area (Å²) in [5.41, 5.74) is -4.31. The molecule has 0 saturated carbocycles. The monoisotopic (exact) mass is 260 g/mol. The fraction of sp³-hybridized carbons (Fsp3) is 0.333. The molecule has 0 heterocycles. The molecule has 0 fully saturated rings. The number of aliphatic hydroxyl groups is 1. The molecule has 0 saturated heterocycles. The van der Waals surface area contributed by atoms with Crippen LogP contribution < -0.4 is 0 Å². The zero-order valence-corrected chi connectivity index (χ0v) is 8.02. The molecular formula is C9H6F6O2. The first-order valence-corrected chi connectivity index (χ1v) is 4.18. The van der Waals surface area contributed by atoms with Gasteiger partial charge in [0.2, 0.25) is 0 Å². The molecule has 0 aliphatic heterocycles. The molecule has 17 heavy (non-hydrogen) atoms. The minimum absolute atomic E-state index is 0.140. The van der Waals surface area contributed by atoms with Gasteiger partial charge in [0.1, 0.15) is 5.75 Å². The van der Waals surface area contributed by atoms with E-state index in [-0.39, 0.29) is 12.1 Å². The average molecular weight is 260 g/mol. The molecule has 0 radical (unpaired) electrons. The molecule has 0 atom stereocenters. The van der Waals surface area contributed by atoms with Crippen LogP contribution in [0.4, 0.5) is 26.3 Å². The van der Waals surface area contributed by atoms with E-state index < -0.39 is 41.4 Å². The lowest BCUT2D eigenvalue weighted by Crippen LogP contribution is -2.13. The number of alkyl halides is 6. The molecule has 0 aliphatic rings. The van der Waals surface area contributed by atoms with E-state index >= 15 is 0 Å². The molecule has 1 rings (SSSR count). The summed E-state index contributed by atoms with van der Waals surface area (Å²) in [6.07, 6.45) is -10.1. The van der Waals surface area contributed by atoms with Crippen LogP contribution in [0.25, 0.3) is 0 Å². The van der Waals surface area contributed by atoms with E-state index in [9.17, 15) is 26.3 Å². The second kappa shape index (κ2) is 4.10. The normalized spacial score (nSPS) is 12.9. The van der Waals surface area contributed by atoms with Gasteiger partial charge < -0.3 is 10.2 Å². The molecule has 8 heteroatoms. The van der Waals surface area contributed by atoms with Crippen LogP contribution in [0.15, 0.2) is 12.1 Å². The third-order valence-electron chi connectivity index (χ3n) is 2.02. The van der Waals surface area contributed by atoms with Crippen molar-refractivity contribution in [3.8, 4) is 5.75 Å². The maximum absolute atomic E-state index is 12.4. The molecule has 0 aromatic heterocycles. The van der Waals surface area contributed by atoms with E-state index in [1.54, 1.807) is 0 Å². The van der Waals surface area contributed by atoms with Crippen LogP contribution in [0.5, 0.6) is 5.75 Å². The Balaban J connectivity index is 3.51. The smallest absolute Gasteiger partial charge is 0.416 e. The highest BCUT2D eigenvalue weighted by atomic mass is 19.4. The first kappa shape index (κ1) is 13.6. The van der Waals surface area contributed by atoms with Crippen LogP contribution in [0.3, 0.4) is 0 Å². The van der Waals surface area contributed by atoms with E-state index in [1.165, 1.54) is 0 Å². The van der Waals surface area contributed by atoms with Crippen molar-refractivity contribution in [3.63, 3.8) is 0 Å².